The predicted molar refractivity (Wildman–Crippen MR) is 141 cm³/mol. The molecule has 1 atom stereocenters. The second-order valence-corrected chi connectivity index (χ2v) is 11.0. The number of para-hydroxylation sites is 1. The van der Waals surface area contributed by atoms with Crippen molar-refractivity contribution in [1.29, 1.82) is 0 Å². The Hall–Kier alpha value is -2.15. The summed E-state index contributed by atoms with van der Waals surface area (Å²) in [7, 11) is 0. The molecule has 0 saturated carbocycles. The number of nitrogens with one attached hydrogen (secondary N) is 1. The van der Waals surface area contributed by atoms with Gasteiger partial charge in [-0.1, -0.05) is 46.3 Å². The van der Waals surface area contributed by atoms with Gasteiger partial charge in [-0.2, -0.15) is 0 Å². The minimum Gasteiger partial charge on any atom is -0.369 e. The number of anilines is 2. The molecule has 1 aliphatic heterocycles. The van der Waals surface area contributed by atoms with E-state index in [4.69, 9.17) is 0 Å². The van der Waals surface area contributed by atoms with Crippen LogP contribution in [0.15, 0.2) is 59.1 Å². The van der Waals surface area contributed by atoms with Crippen molar-refractivity contribution in [3.05, 3.63) is 80.6 Å². The van der Waals surface area contributed by atoms with Gasteiger partial charge in [0.15, 0.2) is 0 Å². The fourth-order valence-electron chi connectivity index (χ4n) is 5.25. The maximum atomic E-state index is 12.1. The molecular weight excluding hydrogens is 494 g/mol. The topological polar surface area (TPSA) is 35.6 Å². The summed E-state index contributed by atoms with van der Waals surface area (Å²) in [6.07, 6.45) is 4.70. The number of halogens is 1. The third-order valence-corrected chi connectivity index (χ3v) is 8.46. The Bertz CT molecular complexity index is 1120. The highest BCUT2D eigenvalue weighted by Crippen LogP contribution is 2.46. The summed E-state index contributed by atoms with van der Waals surface area (Å²) in [6, 6.07) is 19.5. The molecule has 6 heteroatoms. The third-order valence-electron chi connectivity index (χ3n) is 6.74. The van der Waals surface area contributed by atoms with Crippen LogP contribution in [-0.4, -0.2) is 37.0 Å². The molecule has 5 rings (SSSR count). The van der Waals surface area contributed by atoms with Gasteiger partial charge in [-0.05, 0) is 61.1 Å². The molecule has 1 fully saturated rings. The number of nitrogens with zero attached hydrogens (tertiary/aromatic N) is 2. The molecule has 2 heterocycles. The molecule has 4 nitrogen and oxygen atoms in total. The average Bonchev–Trinajstić information content (AvgIpc) is 3.17. The van der Waals surface area contributed by atoms with Gasteiger partial charge in [-0.15, -0.1) is 11.3 Å². The van der Waals surface area contributed by atoms with Gasteiger partial charge in [-0.25, -0.2) is 0 Å². The standard InChI is InChI=1S/C27H30BrN3OS/c1-19(32)29-27-25(23-12-5-6-13-24(23)33-27)26(20-8-7-9-21(28)18-20)31-16-14-30(15-17-31)22-10-3-2-4-11-22/h2-4,7-11,18,26H,5-6,12-17H2,1H3,(H,29,32). The Kier molecular flexibility index (Phi) is 6.86. The summed E-state index contributed by atoms with van der Waals surface area (Å²) >= 11 is 5.50. The molecule has 2 aliphatic rings. The molecule has 172 valence electrons. The highest BCUT2D eigenvalue weighted by Gasteiger charge is 2.33. The maximum absolute atomic E-state index is 12.1. The minimum absolute atomic E-state index is 0.0109. The van der Waals surface area contributed by atoms with Crippen molar-refractivity contribution in [1.82, 2.24) is 4.90 Å². The highest BCUT2D eigenvalue weighted by molar-refractivity contribution is 9.10. The zero-order chi connectivity index (χ0) is 22.8. The zero-order valence-electron chi connectivity index (χ0n) is 19.0. The number of rotatable bonds is 5. The Morgan fingerprint density at radius 1 is 1.00 bits per heavy atom. The molecule has 1 saturated heterocycles. The van der Waals surface area contributed by atoms with E-state index in [1.165, 1.54) is 40.1 Å². The number of hydrogen-bond acceptors (Lipinski definition) is 4. The van der Waals surface area contributed by atoms with E-state index in [0.717, 1.165) is 48.5 Å². The SMILES string of the molecule is CC(=O)Nc1sc2c(c1C(c1cccc(Br)c1)N1CCN(c3ccccc3)CC1)CCCC2. The van der Waals surface area contributed by atoms with Gasteiger partial charge in [0.2, 0.25) is 5.91 Å². The Labute approximate surface area is 208 Å². The van der Waals surface area contributed by atoms with Gasteiger partial charge < -0.3 is 10.2 Å². The second kappa shape index (κ2) is 10.00. The number of amides is 1. The number of thiophene rings is 1. The lowest BCUT2D eigenvalue weighted by atomic mass is 9.88. The molecule has 33 heavy (non-hydrogen) atoms. The smallest absolute Gasteiger partial charge is 0.221 e. The fraction of sp³-hybridized carbons (Fsp3) is 0.370. The van der Waals surface area contributed by atoms with Gasteiger partial charge in [0.05, 0.1) is 6.04 Å². The minimum atomic E-state index is 0.0109. The highest BCUT2D eigenvalue weighted by atomic mass is 79.9. The monoisotopic (exact) mass is 523 g/mol. The van der Waals surface area contributed by atoms with E-state index in [-0.39, 0.29) is 11.9 Å². The molecule has 1 aromatic heterocycles. The van der Waals surface area contributed by atoms with Gasteiger partial charge in [0.1, 0.15) is 5.00 Å². The first-order chi connectivity index (χ1) is 16.1. The molecular formula is C27H30BrN3OS. The van der Waals surface area contributed by atoms with Crippen molar-refractivity contribution in [2.75, 3.05) is 36.4 Å². The van der Waals surface area contributed by atoms with Gasteiger partial charge in [0, 0.05) is 53.7 Å². The quantitative estimate of drug-likeness (QED) is 0.428. The summed E-state index contributed by atoms with van der Waals surface area (Å²) in [5.74, 6) is 0.0109. The van der Waals surface area contributed by atoms with Crippen molar-refractivity contribution in [3.63, 3.8) is 0 Å². The number of fused-ring (bicyclic) bond motifs is 1. The first-order valence-electron chi connectivity index (χ1n) is 11.8. The van der Waals surface area contributed by atoms with Crippen LogP contribution in [0, 0.1) is 0 Å². The van der Waals surface area contributed by atoms with Crippen LogP contribution in [0.25, 0.3) is 0 Å². The van der Waals surface area contributed by atoms with Crippen LogP contribution >= 0.6 is 27.3 Å². The van der Waals surface area contributed by atoms with E-state index in [9.17, 15) is 4.79 Å². The number of aryl methyl sites for hydroxylation is 1. The Morgan fingerprint density at radius 2 is 1.76 bits per heavy atom. The molecule has 3 aromatic rings. The molecule has 0 bridgehead atoms. The van der Waals surface area contributed by atoms with Crippen molar-refractivity contribution < 1.29 is 4.79 Å². The van der Waals surface area contributed by atoms with Crippen LogP contribution in [0.4, 0.5) is 10.7 Å². The summed E-state index contributed by atoms with van der Waals surface area (Å²) in [5.41, 5.74) is 5.39. The van der Waals surface area contributed by atoms with E-state index < -0.39 is 0 Å². The lowest BCUT2D eigenvalue weighted by Gasteiger charge is -2.41. The van der Waals surface area contributed by atoms with Gasteiger partial charge in [-0.3, -0.25) is 9.69 Å². The molecule has 1 unspecified atom stereocenters. The van der Waals surface area contributed by atoms with Gasteiger partial charge in [0.25, 0.3) is 0 Å². The van der Waals surface area contributed by atoms with E-state index in [0.29, 0.717) is 0 Å². The van der Waals surface area contributed by atoms with Crippen molar-refractivity contribution in [2.24, 2.45) is 0 Å². The van der Waals surface area contributed by atoms with Crippen LogP contribution < -0.4 is 10.2 Å². The van der Waals surface area contributed by atoms with Crippen molar-refractivity contribution in [2.45, 2.75) is 38.6 Å². The third kappa shape index (κ3) is 4.88. The van der Waals surface area contributed by atoms with Crippen LogP contribution in [-0.2, 0) is 17.6 Å². The molecule has 1 amide bonds. The average molecular weight is 525 g/mol. The van der Waals surface area contributed by atoms with Gasteiger partial charge >= 0.3 is 0 Å². The summed E-state index contributed by atoms with van der Waals surface area (Å²) in [6.45, 7) is 5.58. The van der Waals surface area contributed by atoms with Crippen molar-refractivity contribution >= 4 is 43.9 Å². The van der Waals surface area contributed by atoms with Crippen LogP contribution in [0.1, 0.15) is 47.4 Å². The molecule has 0 radical (unpaired) electrons. The molecule has 1 aliphatic carbocycles. The number of benzene rings is 2. The lowest BCUT2D eigenvalue weighted by molar-refractivity contribution is -0.114. The van der Waals surface area contributed by atoms with E-state index in [1.54, 1.807) is 18.3 Å². The van der Waals surface area contributed by atoms with Crippen molar-refractivity contribution in [3.8, 4) is 0 Å². The number of hydrogen-bond donors (Lipinski definition) is 1. The number of carbonyl (C=O) groups is 1. The van der Waals surface area contributed by atoms with E-state index in [1.807, 2.05) is 0 Å². The second-order valence-electron chi connectivity index (χ2n) is 8.95. The number of piperazine rings is 1. The van der Waals surface area contributed by atoms with E-state index >= 15 is 0 Å². The molecule has 1 N–H and O–H groups in total. The van der Waals surface area contributed by atoms with Crippen LogP contribution in [0.5, 0.6) is 0 Å². The Morgan fingerprint density at radius 3 is 2.48 bits per heavy atom. The lowest BCUT2D eigenvalue weighted by Crippen LogP contribution is -2.48. The molecule has 2 aromatic carbocycles. The van der Waals surface area contributed by atoms with E-state index in [2.05, 4.69) is 85.6 Å². The summed E-state index contributed by atoms with van der Waals surface area (Å²) in [4.78, 5) is 18.7. The fourth-order valence-corrected chi connectivity index (χ4v) is 7.03. The Balaban J connectivity index is 1.53. The largest absolute Gasteiger partial charge is 0.369 e. The summed E-state index contributed by atoms with van der Waals surface area (Å²) < 4.78 is 1.10. The maximum Gasteiger partial charge on any atom is 0.221 e. The zero-order valence-corrected chi connectivity index (χ0v) is 21.4. The van der Waals surface area contributed by atoms with Crippen LogP contribution in [0.3, 0.4) is 0 Å². The molecule has 0 spiro atoms. The first kappa shape index (κ1) is 22.6. The predicted octanol–water partition coefficient (Wildman–Crippen LogP) is 6.26. The summed E-state index contributed by atoms with van der Waals surface area (Å²) in [5, 5.41) is 4.25. The number of carbonyl (C=O) groups excluding carboxylic acids is 1. The van der Waals surface area contributed by atoms with Crippen LogP contribution in [0.2, 0.25) is 0 Å². The first-order valence-corrected chi connectivity index (χ1v) is 13.4. The normalized spacial score (nSPS) is 17.5.